The Bertz CT molecular complexity index is 2030. The number of aromatic hydroxyl groups is 1. The lowest BCUT2D eigenvalue weighted by Crippen LogP contribution is -2.53. The van der Waals surface area contributed by atoms with Crippen molar-refractivity contribution in [3.05, 3.63) is 131 Å². The van der Waals surface area contributed by atoms with E-state index in [-0.39, 0.29) is 35.6 Å². The largest absolute Gasteiger partial charge is 0.504 e. The zero-order valence-electron chi connectivity index (χ0n) is 26.0. The van der Waals surface area contributed by atoms with Gasteiger partial charge in [0.15, 0.2) is 11.5 Å². The van der Waals surface area contributed by atoms with Crippen molar-refractivity contribution in [1.29, 1.82) is 0 Å². The number of hydrogen-bond acceptors (Lipinski definition) is 6. The molecule has 0 bridgehead atoms. The van der Waals surface area contributed by atoms with E-state index in [2.05, 4.69) is 0 Å². The summed E-state index contributed by atoms with van der Waals surface area (Å²) in [4.78, 5) is 60.8. The van der Waals surface area contributed by atoms with Crippen molar-refractivity contribution < 1.29 is 29.0 Å². The van der Waals surface area contributed by atoms with Crippen molar-refractivity contribution >= 4 is 46.6 Å². The van der Waals surface area contributed by atoms with Gasteiger partial charge in [0, 0.05) is 10.9 Å². The third kappa shape index (κ3) is 4.15. The second-order valence-electron chi connectivity index (χ2n) is 12.9. The second kappa shape index (κ2) is 11.2. The molecule has 2 aliphatic heterocycles. The van der Waals surface area contributed by atoms with Gasteiger partial charge >= 0.3 is 0 Å². The van der Waals surface area contributed by atoms with Crippen LogP contribution in [0.2, 0.25) is 5.02 Å². The van der Waals surface area contributed by atoms with E-state index >= 15 is 4.79 Å². The molecule has 4 aliphatic rings. The highest BCUT2D eigenvalue weighted by Gasteiger charge is 2.70. The molecule has 2 heterocycles. The zero-order valence-corrected chi connectivity index (χ0v) is 26.7. The minimum atomic E-state index is -1.41. The van der Waals surface area contributed by atoms with Crippen LogP contribution in [0.15, 0.2) is 115 Å². The van der Waals surface area contributed by atoms with Gasteiger partial charge in [-0.25, -0.2) is 4.90 Å². The number of allylic oxidation sites excluding steroid dienone is 2. The van der Waals surface area contributed by atoms with Gasteiger partial charge in [0.25, 0.3) is 0 Å². The van der Waals surface area contributed by atoms with Gasteiger partial charge in [-0.3, -0.25) is 24.1 Å². The molecule has 2 saturated heterocycles. The van der Waals surface area contributed by atoms with E-state index in [1.807, 2.05) is 42.5 Å². The summed E-state index contributed by atoms with van der Waals surface area (Å²) in [6, 6.07) is 29.9. The molecule has 4 aromatic rings. The first-order valence-corrected chi connectivity index (χ1v) is 16.3. The number of phenols is 1. The number of halogens is 1. The molecule has 0 aromatic heterocycles. The fourth-order valence-corrected chi connectivity index (χ4v) is 9.01. The van der Waals surface area contributed by atoms with E-state index in [1.165, 1.54) is 23.0 Å². The van der Waals surface area contributed by atoms with E-state index in [9.17, 15) is 19.5 Å². The Morgan fingerprint density at radius 1 is 0.771 bits per heavy atom. The topological polar surface area (TPSA) is 104 Å². The van der Waals surface area contributed by atoms with Gasteiger partial charge in [0.05, 0.1) is 41.7 Å². The minimum Gasteiger partial charge on any atom is -0.504 e. The van der Waals surface area contributed by atoms with Crippen molar-refractivity contribution in [2.45, 2.75) is 24.2 Å². The van der Waals surface area contributed by atoms with E-state index in [0.29, 0.717) is 33.9 Å². The smallest absolute Gasteiger partial charge is 0.246 e. The van der Waals surface area contributed by atoms with Crippen LogP contribution in [0.25, 0.3) is 0 Å². The van der Waals surface area contributed by atoms with Crippen LogP contribution in [0.4, 0.5) is 11.4 Å². The first kappa shape index (κ1) is 30.1. The monoisotopic (exact) mass is 658 g/mol. The molecule has 4 aromatic carbocycles. The Kier molecular flexibility index (Phi) is 7.03. The Balaban J connectivity index is 1.37. The van der Waals surface area contributed by atoms with Crippen molar-refractivity contribution in [2.24, 2.45) is 23.7 Å². The van der Waals surface area contributed by atoms with Crippen LogP contribution in [0, 0.1) is 23.7 Å². The molecule has 0 spiro atoms. The summed E-state index contributed by atoms with van der Waals surface area (Å²) in [6.45, 7) is 0. The number of imide groups is 2. The van der Waals surface area contributed by atoms with Gasteiger partial charge in [-0.15, -0.1) is 0 Å². The van der Waals surface area contributed by atoms with Crippen LogP contribution in [-0.4, -0.2) is 35.8 Å². The highest BCUT2D eigenvalue weighted by molar-refractivity contribution is 6.32. The molecule has 0 radical (unpaired) electrons. The van der Waals surface area contributed by atoms with Gasteiger partial charge < -0.3 is 9.84 Å². The molecule has 8 rings (SSSR count). The van der Waals surface area contributed by atoms with Gasteiger partial charge in [-0.05, 0) is 72.4 Å². The second-order valence-corrected chi connectivity index (χ2v) is 13.3. The molecule has 48 heavy (non-hydrogen) atoms. The average Bonchev–Trinajstić information content (AvgIpc) is 3.50. The third-order valence-corrected chi connectivity index (χ3v) is 11.0. The quantitative estimate of drug-likeness (QED) is 0.196. The molecule has 4 amide bonds. The van der Waals surface area contributed by atoms with Gasteiger partial charge in [-0.2, -0.15) is 0 Å². The predicted molar refractivity (Wildman–Crippen MR) is 180 cm³/mol. The lowest BCUT2D eigenvalue weighted by atomic mass is 9.49. The number of anilines is 2. The molecule has 3 fully saturated rings. The molecule has 9 heteroatoms. The molecule has 2 aliphatic carbocycles. The minimum absolute atomic E-state index is 0.0685. The Hall–Kier alpha value is -5.21. The maximum absolute atomic E-state index is 15.3. The van der Waals surface area contributed by atoms with Crippen LogP contribution < -0.4 is 14.5 Å². The average molecular weight is 659 g/mol. The molecule has 240 valence electrons. The van der Waals surface area contributed by atoms with Crippen molar-refractivity contribution in [1.82, 2.24) is 0 Å². The maximum atomic E-state index is 15.3. The summed E-state index contributed by atoms with van der Waals surface area (Å²) in [5, 5.41) is 11.0. The van der Waals surface area contributed by atoms with E-state index < -0.39 is 40.9 Å². The molecule has 8 nitrogen and oxygen atoms in total. The fraction of sp³-hybridized carbons (Fsp3) is 0.231. The van der Waals surface area contributed by atoms with E-state index in [1.54, 1.807) is 60.7 Å². The number of hydrogen-bond donors (Lipinski definition) is 1. The summed E-state index contributed by atoms with van der Waals surface area (Å²) < 4.78 is 5.53. The standard InChI is InChI=1S/C39H31ClN2O6/c1-48-32-19-22(15-18-31(32)43)34-27-16-17-28-33(37(46)41(35(28)44)25-12-6-3-7-13-25)29(27)21-30-36(45)42(26-14-8-11-24(40)20-26)38(47)39(30,34)23-9-4-2-5-10-23/h2-16,18-20,28-30,33-34,43H,17,21H2,1H3/t28-,29+,30-,33-,34-,39+/m0/s1. The maximum Gasteiger partial charge on any atom is 0.246 e. The number of phenolic OH excluding ortho intramolecular Hbond substituents is 1. The number of rotatable bonds is 5. The van der Waals surface area contributed by atoms with E-state index in [4.69, 9.17) is 16.3 Å². The molecular formula is C39H31ClN2O6. The number of fused-ring (bicyclic) bond motifs is 4. The summed E-state index contributed by atoms with van der Waals surface area (Å²) in [7, 11) is 1.45. The van der Waals surface area contributed by atoms with Crippen LogP contribution in [0.5, 0.6) is 11.5 Å². The first-order valence-electron chi connectivity index (χ1n) is 16.0. The lowest BCUT2D eigenvalue weighted by Gasteiger charge is -2.50. The number of ether oxygens (including phenoxy) is 1. The predicted octanol–water partition coefficient (Wildman–Crippen LogP) is 6.42. The van der Waals surface area contributed by atoms with Gasteiger partial charge in [0.2, 0.25) is 23.6 Å². The number of amides is 4. The van der Waals surface area contributed by atoms with Crippen molar-refractivity contribution in [2.75, 3.05) is 16.9 Å². The zero-order chi connectivity index (χ0) is 33.3. The molecular weight excluding hydrogens is 628 g/mol. The third-order valence-electron chi connectivity index (χ3n) is 10.7. The first-order chi connectivity index (χ1) is 23.3. The highest BCUT2D eigenvalue weighted by Crippen LogP contribution is 2.64. The van der Waals surface area contributed by atoms with Crippen LogP contribution >= 0.6 is 11.6 Å². The SMILES string of the molecule is COc1cc([C@H]2C3=CC[C@@H]4C(=O)N(c5ccccc5)C(=O)[C@@H]4[C@@H]3C[C@H]3C(=O)N(c4cccc(Cl)c4)C(=O)[C@@]23c2ccccc2)ccc1O. The normalized spacial score (nSPS) is 27.8. The molecule has 0 unspecified atom stereocenters. The van der Waals surface area contributed by atoms with Gasteiger partial charge in [0.1, 0.15) is 0 Å². The van der Waals surface area contributed by atoms with Crippen LogP contribution in [0.3, 0.4) is 0 Å². The Labute approximate surface area is 282 Å². The number of benzene rings is 4. The number of carbonyl (C=O) groups is 4. The molecule has 1 saturated carbocycles. The summed E-state index contributed by atoms with van der Waals surface area (Å²) in [5.74, 6) is -4.62. The summed E-state index contributed by atoms with van der Waals surface area (Å²) >= 11 is 6.38. The molecule has 6 atom stereocenters. The summed E-state index contributed by atoms with van der Waals surface area (Å²) in [6.07, 6.45) is 2.51. The molecule has 1 N–H and O–H groups in total. The summed E-state index contributed by atoms with van der Waals surface area (Å²) in [5.41, 5.74) is 1.60. The van der Waals surface area contributed by atoms with Crippen molar-refractivity contribution in [3.8, 4) is 11.5 Å². The Morgan fingerprint density at radius 2 is 1.48 bits per heavy atom. The van der Waals surface area contributed by atoms with Crippen LogP contribution in [0.1, 0.15) is 29.9 Å². The van der Waals surface area contributed by atoms with Crippen molar-refractivity contribution in [3.63, 3.8) is 0 Å². The number of methoxy groups -OCH3 is 1. The fourth-order valence-electron chi connectivity index (χ4n) is 8.82. The van der Waals surface area contributed by atoms with E-state index in [0.717, 1.165) is 5.57 Å². The van der Waals surface area contributed by atoms with Gasteiger partial charge in [-0.1, -0.05) is 83.9 Å². The van der Waals surface area contributed by atoms with Crippen LogP contribution in [-0.2, 0) is 24.6 Å². The number of nitrogens with zero attached hydrogens (tertiary/aromatic N) is 2. The highest BCUT2D eigenvalue weighted by atomic mass is 35.5. The Morgan fingerprint density at radius 3 is 2.19 bits per heavy atom. The number of para-hydroxylation sites is 1. The number of carbonyl (C=O) groups excluding carboxylic acids is 4. The lowest BCUT2D eigenvalue weighted by molar-refractivity contribution is -0.127.